The van der Waals surface area contributed by atoms with Crippen LogP contribution in [0.25, 0.3) is 16.8 Å². The molecular formula is C24H24O4. The van der Waals surface area contributed by atoms with Gasteiger partial charge in [-0.05, 0) is 54.5 Å². The van der Waals surface area contributed by atoms with E-state index in [2.05, 4.69) is 43.3 Å². The van der Waals surface area contributed by atoms with Crippen molar-refractivity contribution in [3.63, 3.8) is 0 Å². The number of ether oxygens (including phenoxy) is 2. The Balaban J connectivity index is 1.84. The van der Waals surface area contributed by atoms with Gasteiger partial charge in [-0.25, -0.2) is 0 Å². The molecular weight excluding hydrogens is 352 g/mol. The highest BCUT2D eigenvalue weighted by atomic mass is 16.5. The maximum atomic E-state index is 12.6. The molecule has 28 heavy (non-hydrogen) atoms. The van der Waals surface area contributed by atoms with Gasteiger partial charge in [0.2, 0.25) is 0 Å². The van der Waals surface area contributed by atoms with E-state index in [9.17, 15) is 9.59 Å². The largest absolute Gasteiger partial charge is 0.468 e. The molecule has 2 aromatic carbocycles. The molecule has 0 heterocycles. The molecule has 4 heteroatoms. The highest BCUT2D eigenvalue weighted by molar-refractivity contribution is 6.01. The summed E-state index contributed by atoms with van der Waals surface area (Å²) in [5, 5.41) is 2.41. The molecule has 0 aliphatic heterocycles. The molecule has 0 radical (unpaired) electrons. The van der Waals surface area contributed by atoms with Crippen LogP contribution in [-0.4, -0.2) is 26.2 Å². The van der Waals surface area contributed by atoms with Crippen molar-refractivity contribution in [3.05, 3.63) is 64.2 Å². The second kappa shape index (κ2) is 6.93. The molecule has 2 aliphatic rings. The van der Waals surface area contributed by atoms with E-state index in [0.29, 0.717) is 12.8 Å². The van der Waals surface area contributed by atoms with Crippen LogP contribution in [-0.2, 0) is 25.5 Å². The zero-order valence-electron chi connectivity index (χ0n) is 16.5. The maximum Gasteiger partial charge on any atom is 0.323 e. The van der Waals surface area contributed by atoms with Gasteiger partial charge in [0, 0.05) is 0 Å². The van der Waals surface area contributed by atoms with Crippen molar-refractivity contribution in [3.8, 4) is 0 Å². The van der Waals surface area contributed by atoms with E-state index < -0.39 is 17.4 Å². The fourth-order valence-corrected chi connectivity index (χ4v) is 4.73. The van der Waals surface area contributed by atoms with Crippen LogP contribution in [0.15, 0.2) is 53.1 Å². The summed E-state index contributed by atoms with van der Waals surface area (Å²) in [7, 11) is 2.66. The van der Waals surface area contributed by atoms with Gasteiger partial charge in [0.05, 0.1) is 14.2 Å². The third kappa shape index (κ3) is 2.84. The van der Waals surface area contributed by atoms with E-state index in [-0.39, 0.29) is 0 Å². The summed E-state index contributed by atoms with van der Waals surface area (Å²) in [5.41, 5.74) is 4.72. The molecule has 4 rings (SSSR count). The summed E-state index contributed by atoms with van der Waals surface area (Å²) in [6, 6.07) is 12.7. The van der Waals surface area contributed by atoms with Crippen LogP contribution in [0.3, 0.4) is 0 Å². The van der Waals surface area contributed by atoms with Crippen LogP contribution in [0.4, 0.5) is 0 Å². The lowest BCUT2D eigenvalue weighted by atomic mass is 9.83. The van der Waals surface area contributed by atoms with Crippen molar-refractivity contribution in [2.75, 3.05) is 14.2 Å². The van der Waals surface area contributed by atoms with Gasteiger partial charge in [0.1, 0.15) is 0 Å². The van der Waals surface area contributed by atoms with Gasteiger partial charge in [-0.1, -0.05) is 59.2 Å². The Morgan fingerprint density at radius 2 is 1.54 bits per heavy atom. The van der Waals surface area contributed by atoms with Crippen LogP contribution in [0.5, 0.6) is 0 Å². The van der Waals surface area contributed by atoms with E-state index in [1.807, 2.05) is 6.07 Å². The summed E-state index contributed by atoms with van der Waals surface area (Å²) in [4.78, 5) is 25.3. The van der Waals surface area contributed by atoms with Crippen LogP contribution < -0.4 is 0 Å². The minimum atomic E-state index is -1.26. The van der Waals surface area contributed by atoms with Crippen LogP contribution in [0.1, 0.15) is 37.3 Å². The summed E-state index contributed by atoms with van der Waals surface area (Å²) in [6.45, 7) is 2.10. The first-order valence-corrected chi connectivity index (χ1v) is 9.53. The average molecular weight is 376 g/mol. The van der Waals surface area contributed by atoms with Gasteiger partial charge in [0.25, 0.3) is 0 Å². The number of carbonyl (C=O) groups excluding carboxylic acids is 2. The summed E-state index contributed by atoms with van der Waals surface area (Å²) in [6.07, 6.45) is 4.44. The molecule has 0 saturated heterocycles. The molecule has 0 N–H and O–H groups in total. The molecule has 0 fully saturated rings. The molecule has 2 aliphatic carbocycles. The Morgan fingerprint density at radius 1 is 0.893 bits per heavy atom. The number of hydrogen-bond donors (Lipinski definition) is 0. The van der Waals surface area contributed by atoms with Gasteiger partial charge in [0.15, 0.2) is 5.41 Å². The zero-order chi connectivity index (χ0) is 19.9. The molecule has 0 atom stereocenters. The smallest absolute Gasteiger partial charge is 0.323 e. The SMILES string of the molecule is COC(=O)C1(C(=O)OC)CC2=C(Cc3c(ccc4ccccc34)/C=C(/C)C2)C1. The first kappa shape index (κ1) is 18.5. The van der Waals surface area contributed by atoms with E-state index >= 15 is 0 Å². The van der Waals surface area contributed by atoms with Crippen molar-refractivity contribution < 1.29 is 19.1 Å². The molecule has 0 bridgehead atoms. The summed E-state index contributed by atoms with van der Waals surface area (Å²) < 4.78 is 10.0. The molecule has 0 spiro atoms. The molecule has 144 valence electrons. The van der Waals surface area contributed by atoms with E-state index in [0.717, 1.165) is 24.0 Å². The molecule has 4 nitrogen and oxygen atoms in total. The highest BCUT2D eigenvalue weighted by Gasteiger charge is 2.53. The van der Waals surface area contributed by atoms with Crippen LogP contribution >= 0.6 is 0 Å². The topological polar surface area (TPSA) is 52.6 Å². The second-order valence-electron chi connectivity index (χ2n) is 7.82. The van der Waals surface area contributed by atoms with E-state index in [4.69, 9.17) is 9.47 Å². The van der Waals surface area contributed by atoms with Crippen molar-refractivity contribution >= 4 is 28.8 Å². The van der Waals surface area contributed by atoms with Gasteiger partial charge in [-0.2, -0.15) is 0 Å². The number of fused-ring (bicyclic) bond motifs is 3. The fourth-order valence-electron chi connectivity index (χ4n) is 4.73. The van der Waals surface area contributed by atoms with Crippen molar-refractivity contribution in [2.24, 2.45) is 5.41 Å². The summed E-state index contributed by atoms with van der Waals surface area (Å²) in [5.74, 6) is -1.02. The second-order valence-corrected chi connectivity index (χ2v) is 7.82. The minimum Gasteiger partial charge on any atom is -0.468 e. The van der Waals surface area contributed by atoms with E-state index in [1.165, 1.54) is 41.7 Å². The standard InChI is InChI=1S/C24H24O4/c1-15-10-17-9-8-16-6-4-5-7-20(16)21(17)12-19-14-24(22(25)27-2,23(26)28-3)13-18(19)11-15/h4-10H,11-14H2,1-3H3/b15-10-. The normalized spacial score (nSPS) is 19.8. The Morgan fingerprint density at radius 3 is 2.21 bits per heavy atom. The monoisotopic (exact) mass is 376 g/mol. The first-order valence-electron chi connectivity index (χ1n) is 9.53. The number of rotatable bonds is 2. The third-order valence-corrected chi connectivity index (χ3v) is 6.04. The molecule has 0 aromatic heterocycles. The number of methoxy groups -OCH3 is 2. The Labute approximate surface area is 164 Å². The Hall–Kier alpha value is -2.88. The number of esters is 2. The number of benzene rings is 2. The Bertz CT molecular complexity index is 1030. The van der Waals surface area contributed by atoms with Gasteiger partial charge >= 0.3 is 11.9 Å². The Kier molecular flexibility index (Phi) is 4.58. The van der Waals surface area contributed by atoms with Crippen LogP contribution in [0.2, 0.25) is 0 Å². The molecule has 0 saturated carbocycles. The van der Waals surface area contributed by atoms with Crippen molar-refractivity contribution in [1.29, 1.82) is 0 Å². The lowest BCUT2D eigenvalue weighted by Crippen LogP contribution is -2.39. The lowest BCUT2D eigenvalue weighted by Gasteiger charge is -2.23. The lowest BCUT2D eigenvalue weighted by molar-refractivity contribution is -0.168. The third-order valence-electron chi connectivity index (χ3n) is 6.04. The van der Waals surface area contributed by atoms with Gasteiger partial charge in [-0.3, -0.25) is 9.59 Å². The predicted molar refractivity (Wildman–Crippen MR) is 109 cm³/mol. The predicted octanol–water partition coefficient (Wildman–Crippen LogP) is 4.61. The maximum absolute atomic E-state index is 12.6. The molecule has 0 amide bonds. The first-order chi connectivity index (χ1) is 13.5. The van der Waals surface area contributed by atoms with Crippen molar-refractivity contribution in [1.82, 2.24) is 0 Å². The van der Waals surface area contributed by atoms with Gasteiger partial charge < -0.3 is 9.47 Å². The van der Waals surface area contributed by atoms with Gasteiger partial charge in [-0.15, -0.1) is 0 Å². The number of hydrogen-bond acceptors (Lipinski definition) is 4. The quantitative estimate of drug-likeness (QED) is 0.436. The number of allylic oxidation sites excluding steroid dienone is 3. The average Bonchev–Trinajstić information content (AvgIpc) is 3.05. The minimum absolute atomic E-state index is 0.359. The number of carbonyl (C=O) groups is 2. The summed E-state index contributed by atoms with van der Waals surface area (Å²) >= 11 is 0. The zero-order valence-corrected chi connectivity index (χ0v) is 16.5. The highest BCUT2D eigenvalue weighted by Crippen LogP contribution is 2.48. The van der Waals surface area contributed by atoms with Crippen molar-refractivity contribution in [2.45, 2.75) is 32.6 Å². The molecule has 2 aromatic rings. The van der Waals surface area contributed by atoms with E-state index in [1.54, 1.807) is 0 Å². The van der Waals surface area contributed by atoms with Crippen LogP contribution in [0, 0.1) is 5.41 Å². The molecule has 0 unspecified atom stereocenters. The fraction of sp³-hybridized carbons (Fsp3) is 0.333.